The quantitative estimate of drug-likeness (QED) is 0.448. The van der Waals surface area contributed by atoms with Crippen molar-refractivity contribution in [3.05, 3.63) is 90.4 Å². The predicted octanol–water partition coefficient (Wildman–Crippen LogP) is 3.79. The van der Waals surface area contributed by atoms with Crippen molar-refractivity contribution in [2.24, 2.45) is 0 Å². The Morgan fingerprint density at radius 1 is 0.972 bits per heavy atom. The van der Waals surface area contributed by atoms with Gasteiger partial charge in [-0.15, -0.1) is 11.3 Å². The fraction of sp³-hybridized carbons (Fsp3) is 0.259. The van der Waals surface area contributed by atoms with Crippen LogP contribution in [-0.2, 0) is 11.3 Å². The maximum absolute atomic E-state index is 13.7. The average molecular weight is 505 g/mol. The van der Waals surface area contributed by atoms with Crippen LogP contribution in [0.25, 0.3) is 15.9 Å². The Balaban J connectivity index is 1.95. The summed E-state index contributed by atoms with van der Waals surface area (Å²) in [4.78, 5) is 55.3. The minimum Gasteiger partial charge on any atom is -0.344 e. The van der Waals surface area contributed by atoms with Crippen molar-refractivity contribution < 1.29 is 9.59 Å². The van der Waals surface area contributed by atoms with E-state index in [2.05, 4.69) is 5.32 Å². The molecule has 0 spiro atoms. The topological polar surface area (TPSA) is 93.4 Å². The molecular formula is C27H28N4O4S. The third kappa shape index (κ3) is 4.49. The van der Waals surface area contributed by atoms with Gasteiger partial charge in [-0.3, -0.25) is 19.0 Å². The molecule has 2 amide bonds. The lowest BCUT2D eigenvalue weighted by Crippen LogP contribution is -2.40. The molecule has 36 heavy (non-hydrogen) atoms. The van der Waals surface area contributed by atoms with Gasteiger partial charge in [0, 0.05) is 19.8 Å². The van der Waals surface area contributed by atoms with Crippen LogP contribution in [0.4, 0.5) is 5.69 Å². The first-order valence-electron chi connectivity index (χ1n) is 11.4. The van der Waals surface area contributed by atoms with Crippen LogP contribution in [0.1, 0.15) is 31.9 Å². The molecule has 2 aromatic heterocycles. The van der Waals surface area contributed by atoms with Crippen molar-refractivity contribution in [3.63, 3.8) is 0 Å². The zero-order chi connectivity index (χ0) is 26.3. The van der Waals surface area contributed by atoms with E-state index in [1.54, 1.807) is 39.2 Å². The lowest BCUT2D eigenvalue weighted by Gasteiger charge is -2.13. The standard InChI is InChI=1S/C27H28N4O4S/c1-15-8-7-9-19(12-15)28-21(32)14-30-26-22(18(4)23(36-26)25(34)29(5)6)24(33)31(27(30)35)20-11-10-16(2)17(3)13-20/h7-13H,14H2,1-6H3,(H,28,32). The first-order chi connectivity index (χ1) is 17.0. The number of amides is 2. The second-order valence-corrected chi connectivity index (χ2v) is 10.1. The number of hydrogen-bond donors (Lipinski definition) is 1. The second-order valence-electron chi connectivity index (χ2n) is 9.13. The summed E-state index contributed by atoms with van der Waals surface area (Å²) in [6.45, 7) is 7.15. The van der Waals surface area contributed by atoms with Gasteiger partial charge in [-0.2, -0.15) is 0 Å². The molecule has 0 atom stereocenters. The Labute approximate surface area is 212 Å². The number of benzene rings is 2. The summed E-state index contributed by atoms with van der Waals surface area (Å²) >= 11 is 1.05. The van der Waals surface area contributed by atoms with Gasteiger partial charge >= 0.3 is 5.69 Å². The molecule has 4 aromatic rings. The van der Waals surface area contributed by atoms with E-state index in [0.717, 1.165) is 32.6 Å². The number of nitrogens with one attached hydrogen (secondary N) is 1. The van der Waals surface area contributed by atoms with E-state index >= 15 is 0 Å². The largest absolute Gasteiger partial charge is 0.344 e. The Morgan fingerprint density at radius 3 is 2.33 bits per heavy atom. The number of aromatic nitrogens is 2. The van der Waals surface area contributed by atoms with E-state index in [1.165, 1.54) is 9.47 Å². The molecular weight excluding hydrogens is 476 g/mol. The highest BCUT2D eigenvalue weighted by molar-refractivity contribution is 7.20. The van der Waals surface area contributed by atoms with Gasteiger partial charge in [0.15, 0.2) is 0 Å². The van der Waals surface area contributed by atoms with Gasteiger partial charge < -0.3 is 10.2 Å². The van der Waals surface area contributed by atoms with Crippen molar-refractivity contribution in [2.75, 3.05) is 19.4 Å². The summed E-state index contributed by atoms with van der Waals surface area (Å²) in [7, 11) is 3.25. The van der Waals surface area contributed by atoms with Crippen molar-refractivity contribution in [1.82, 2.24) is 14.0 Å². The number of fused-ring (bicyclic) bond motifs is 1. The number of aryl methyl sites for hydroxylation is 4. The number of anilines is 1. The van der Waals surface area contributed by atoms with Crippen LogP contribution >= 0.6 is 11.3 Å². The minimum atomic E-state index is -0.639. The highest BCUT2D eigenvalue weighted by atomic mass is 32.1. The molecule has 0 radical (unpaired) electrons. The highest BCUT2D eigenvalue weighted by Crippen LogP contribution is 2.29. The van der Waals surface area contributed by atoms with E-state index < -0.39 is 17.2 Å². The van der Waals surface area contributed by atoms with Gasteiger partial charge in [-0.05, 0) is 74.2 Å². The molecule has 8 nitrogen and oxygen atoms in total. The van der Waals surface area contributed by atoms with Crippen LogP contribution in [0.2, 0.25) is 0 Å². The highest BCUT2D eigenvalue weighted by Gasteiger charge is 2.25. The van der Waals surface area contributed by atoms with Crippen LogP contribution in [0, 0.1) is 27.7 Å². The van der Waals surface area contributed by atoms with Crippen molar-refractivity contribution in [1.29, 1.82) is 0 Å². The van der Waals surface area contributed by atoms with Crippen LogP contribution < -0.4 is 16.6 Å². The zero-order valence-electron chi connectivity index (χ0n) is 21.1. The predicted molar refractivity (Wildman–Crippen MR) is 144 cm³/mol. The normalized spacial score (nSPS) is 11.1. The van der Waals surface area contributed by atoms with Crippen molar-refractivity contribution >= 4 is 39.1 Å². The number of carbonyl (C=O) groups is 2. The summed E-state index contributed by atoms with van der Waals surface area (Å²) < 4.78 is 2.36. The summed E-state index contributed by atoms with van der Waals surface area (Å²) in [5, 5.41) is 3.08. The summed E-state index contributed by atoms with van der Waals surface area (Å²) in [5.41, 5.74) is 3.29. The van der Waals surface area contributed by atoms with Crippen LogP contribution in [0.5, 0.6) is 0 Å². The molecule has 0 bridgehead atoms. The molecule has 4 rings (SSSR count). The number of carbonyl (C=O) groups excluding carboxylic acids is 2. The van der Waals surface area contributed by atoms with E-state index in [1.807, 2.05) is 45.0 Å². The molecule has 186 valence electrons. The molecule has 2 heterocycles. The number of rotatable bonds is 5. The summed E-state index contributed by atoms with van der Waals surface area (Å²) in [6.07, 6.45) is 0. The first kappa shape index (κ1) is 25.1. The Hall–Kier alpha value is -3.98. The SMILES string of the molecule is Cc1cccc(NC(=O)Cn2c(=O)n(-c3ccc(C)c(C)c3)c(=O)c3c(C)c(C(=O)N(C)C)sc32)c1. The summed E-state index contributed by atoms with van der Waals surface area (Å²) in [6, 6.07) is 12.7. The fourth-order valence-electron chi connectivity index (χ4n) is 4.05. The molecule has 2 aromatic carbocycles. The van der Waals surface area contributed by atoms with Crippen LogP contribution in [-0.4, -0.2) is 39.9 Å². The second kappa shape index (κ2) is 9.58. The molecule has 0 aliphatic rings. The third-order valence-electron chi connectivity index (χ3n) is 6.17. The van der Waals surface area contributed by atoms with Crippen molar-refractivity contribution in [2.45, 2.75) is 34.2 Å². The Kier molecular flexibility index (Phi) is 6.69. The lowest BCUT2D eigenvalue weighted by atomic mass is 10.1. The van der Waals surface area contributed by atoms with Gasteiger partial charge in [0.25, 0.3) is 11.5 Å². The zero-order valence-corrected chi connectivity index (χ0v) is 21.9. The fourth-order valence-corrected chi connectivity index (χ4v) is 5.37. The van der Waals surface area contributed by atoms with Crippen molar-refractivity contribution in [3.8, 4) is 5.69 Å². The van der Waals surface area contributed by atoms with Crippen LogP contribution in [0.15, 0.2) is 52.1 Å². The summed E-state index contributed by atoms with van der Waals surface area (Å²) in [5.74, 6) is -0.685. The van der Waals surface area contributed by atoms with E-state index in [-0.39, 0.29) is 17.8 Å². The van der Waals surface area contributed by atoms with E-state index in [9.17, 15) is 19.2 Å². The molecule has 0 fully saturated rings. The molecule has 0 aliphatic carbocycles. The van der Waals surface area contributed by atoms with Gasteiger partial charge in [0.1, 0.15) is 11.4 Å². The smallest absolute Gasteiger partial charge is 0.337 e. The molecule has 9 heteroatoms. The van der Waals surface area contributed by atoms with E-state index in [4.69, 9.17) is 0 Å². The minimum absolute atomic E-state index is 0.256. The van der Waals surface area contributed by atoms with E-state index in [0.29, 0.717) is 26.6 Å². The van der Waals surface area contributed by atoms with Gasteiger partial charge in [-0.25, -0.2) is 9.36 Å². The molecule has 0 saturated carbocycles. The maximum atomic E-state index is 13.7. The number of hydrogen-bond acceptors (Lipinski definition) is 5. The maximum Gasteiger partial charge on any atom is 0.337 e. The molecule has 0 unspecified atom stereocenters. The first-order valence-corrected chi connectivity index (χ1v) is 12.3. The molecule has 0 aliphatic heterocycles. The molecule has 0 saturated heterocycles. The number of nitrogens with zero attached hydrogens (tertiary/aromatic N) is 3. The monoisotopic (exact) mass is 504 g/mol. The molecule has 1 N–H and O–H groups in total. The lowest BCUT2D eigenvalue weighted by molar-refractivity contribution is -0.116. The van der Waals surface area contributed by atoms with Gasteiger partial charge in [0.05, 0.1) is 16.0 Å². The Morgan fingerprint density at radius 2 is 1.69 bits per heavy atom. The Bertz CT molecular complexity index is 1640. The average Bonchev–Trinajstić information content (AvgIpc) is 3.15. The third-order valence-corrected chi connectivity index (χ3v) is 7.47. The van der Waals surface area contributed by atoms with Gasteiger partial charge in [0.2, 0.25) is 5.91 Å². The van der Waals surface area contributed by atoms with Gasteiger partial charge in [-0.1, -0.05) is 18.2 Å². The number of thiophene rings is 1. The van der Waals surface area contributed by atoms with Crippen LogP contribution in [0.3, 0.4) is 0 Å².